The molecule has 0 fully saturated rings. The second-order valence-corrected chi connectivity index (χ2v) is 10.9. The van der Waals surface area contributed by atoms with Gasteiger partial charge in [-0.25, -0.2) is 14.6 Å². The molecule has 0 aliphatic heterocycles. The Morgan fingerprint density at radius 2 is 2.03 bits per heavy atom. The van der Waals surface area contributed by atoms with Gasteiger partial charge in [0, 0.05) is 4.88 Å². The predicted molar refractivity (Wildman–Crippen MR) is 133 cm³/mol. The molecular weight excluding hydrogens is 468 g/mol. The quantitative estimate of drug-likeness (QED) is 0.453. The van der Waals surface area contributed by atoms with Crippen molar-refractivity contribution in [3.63, 3.8) is 0 Å². The van der Waals surface area contributed by atoms with E-state index < -0.39 is 23.9 Å². The van der Waals surface area contributed by atoms with Gasteiger partial charge in [0.2, 0.25) is 0 Å². The SMILES string of the molecule is CCOC(=O)c1c(NC(=O)C(C)OC(=O)c2cccc3ocnc23)sc2c1CCC(C(C)(C)C)C2. The van der Waals surface area contributed by atoms with Crippen molar-refractivity contribution >= 4 is 45.3 Å². The lowest BCUT2D eigenvalue weighted by Crippen LogP contribution is -2.30. The van der Waals surface area contributed by atoms with Crippen LogP contribution in [0.4, 0.5) is 5.00 Å². The van der Waals surface area contributed by atoms with Gasteiger partial charge >= 0.3 is 11.9 Å². The van der Waals surface area contributed by atoms with Crippen molar-refractivity contribution in [2.24, 2.45) is 11.3 Å². The molecule has 8 nitrogen and oxygen atoms in total. The number of esters is 2. The lowest BCUT2D eigenvalue weighted by Gasteiger charge is -2.33. The molecule has 9 heteroatoms. The number of carbonyl (C=O) groups excluding carboxylic acids is 3. The largest absolute Gasteiger partial charge is 0.462 e. The number of hydrogen-bond acceptors (Lipinski definition) is 8. The highest BCUT2D eigenvalue weighted by Crippen LogP contribution is 2.44. The van der Waals surface area contributed by atoms with E-state index in [1.807, 2.05) is 0 Å². The van der Waals surface area contributed by atoms with Crippen LogP contribution in [0.15, 0.2) is 29.0 Å². The van der Waals surface area contributed by atoms with E-state index >= 15 is 0 Å². The molecule has 1 aliphatic carbocycles. The van der Waals surface area contributed by atoms with Crippen LogP contribution in [-0.2, 0) is 27.1 Å². The summed E-state index contributed by atoms with van der Waals surface area (Å²) >= 11 is 1.40. The molecule has 2 unspecified atom stereocenters. The summed E-state index contributed by atoms with van der Waals surface area (Å²) in [5.74, 6) is -1.18. The molecule has 0 saturated heterocycles. The molecule has 2 heterocycles. The molecule has 1 amide bonds. The Morgan fingerprint density at radius 3 is 2.74 bits per heavy atom. The lowest BCUT2D eigenvalue weighted by atomic mass is 9.72. The number of thiophene rings is 1. The second kappa shape index (κ2) is 9.81. The molecule has 1 aliphatic rings. The number of ether oxygens (including phenoxy) is 2. The number of aromatic nitrogens is 1. The highest BCUT2D eigenvalue weighted by atomic mass is 32.1. The summed E-state index contributed by atoms with van der Waals surface area (Å²) in [4.78, 5) is 43.7. The van der Waals surface area contributed by atoms with Crippen LogP contribution >= 0.6 is 11.3 Å². The van der Waals surface area contributed by atoms with E-state index in [-0.39, 0.29) is 17.6 Å². The first kappa shape index (κ1) is 24.9. The maximum Gasteiger partial charge on any atom is 0.341 e. The van der Waals surface area contributed by atoms with Crippen molar-refractivity contribution in [1.29, 1.82) is 0 Å². The molecule has 3 aromatic rings. The van der Waals surface area contributed by atoms with Crippen molar-refractivity contribution in [3.05, 3.63) is 46.2 Å². The van der Waals surface area contributed by atoms with Crippen LogP contribution in [0, 0.1) is 11.3 Å². The molecule has 0 spiro atoms. The summed E-state index contributed by atoms with van der Waals surface area (Å²) in [5, 5.41) is 3.26. The van der Waals surface area contributed by atoms with Crippen LogP contribution in [0.1, 0.15) is 72.2 Å². The number of rotatable bonds is 6. The van der Waals surface area contributed by atoms with Gasteiger partial charge < -0.3 is 19.2 Å². The van der Waals surface area contributed by atoms with Gasteiger partial charge in [0.1, 0.15) is 10.5 Å². The van der Waals surface area contributed by atoms with Crippen LogP contribution in [0.5, 0.6) is 0 Å². The van der Waals surface area contributed by atoms with Crippen molar-refractivity contribution in [2.75, 3.05) is 11.9 Å². The monoisotopic (exact) mass is 498 g/mol. The van der Waals surface area contributed by atoms with E-state index in [4.69, 9.17) is 13.9 Å². The molecule has 1 aromatic carbocycles. The zero-order valence-corrected chi connectivity index (χ0v) is 21.4. The summed E-state index contributed by atoms with van der Waals surface area (Å²) in [5.41, 5.74) is 2.54. The van der Waals surface area contributed by atoms with Gasteiger partial charge in [0.25, 0.3) is 5.91 Å². The van der Waals surface area contributed by atoms with E-state index in [1.54, 1.807) is 25.1 Å². The van der Waals surface area contributed by atoms with Crippen molar-refractivity contribution in [3.8, 4) is 0 Å². The minimum atomic E-state index is -1.10. The number of benzene rings is 1. The third-order valence-electron chi connectivity index (χ3n) is 6.44. The van der Waals surface area contributed by atoms with Gasteiger partial charge in [-0.1, -0.05) is 26.8 Å². The van der Waals surface area contributed by atoms with Crippen LogP contribution in [0.25, 0.3) is 11.1 Å². The number of amides is 1. The van der Waals surface area contributed by atoms with E-state index in [1.165, 1.54) is 24.7 Å². The molecule has 35 heavy (non-hydrogen) atoms. The first-order valence-electron chi connectivity index (χ1n) is 11.8. The molecule has 0 bridgehead atoms. The highest BCUT2D eigenvalue weighted by molar-refractivity contribution is 7.17. The fraction of sp³-hybridized carbons (Fsp3) is 0.462. The predicted octanol–water partition coefficient (Wildman–Crippen LogP) is 5.40. The molecule has 0 saturated carbocycles. The molecule has 2 atom stereocenters. The number of nitrogens with zero attached hydrogens (tertiary/aromatic N) is 1. The Morgan fingerprint density at radius 1 is 1.26 bits per heavy atom. The standard InChI is InChI=1S/C26H30N2O6S/c1-6-32-25(31)20-16-11-10-15(26(3,4)5)12-19(16)35-23(20)28-22(29)14(2)34-24(30)17-8-7-9-18-21(17)27-13-33-18/h7-9,13-15H,6,10-12H2,1-5H3,(H,28,29). The summed E-state index contributed by atoms with van der Waals surface area (Å²) < 4.78 is 15.9. The fourth-order valence-corrected chi connectivity index (χ4v) is 5.69. The number of anilines is 1. The topological polar surface area (TPSA) is 108 Å². The number of para-hydroxylation sites is 1. The Bertz CT molecular complexity index is 1270. The zero-order chi connectivity index (χ0) is 25.3. The van der Waals surface area contributed by atoms with E-state index in [9.17, 15) is 14.4 Å². The summed E-state index contributed by atoms with van der Waals surface area (Å²) in [6.45, 7) is 10.1. The van der Waals surface area contributed by atoms with E-state index in [0.29, 0.717) is 27.6 Å². The van der Waals surface area contributed by atoms with Gasteiger partial charge in [0.15, 0.2) is 18.1 Å². The van der Waals surface area contributed by atoms with Crippen LogP contribution in [-0.4, -0.2) is 35.5 Å². The molecule has 186 valence electrons. The van der Waals surface area contributed by atoms with Crippen LogP contribution in [0.2, 0.25) is 0 Å². The number of hydrogen-bond donors (Lipinski definition) is 1. The maximum absolute atomic E-state index is 13.0. The minimum Gasteiger partial charge on any atom is -0.462 e. The first-order chi connectivity index (χ1) is 16.6. The number of carbonyl (C=O) groups is 3. The molecule has 1 N–H and O–H groups in total. The average Bonchev–Trinajstić information content (AvgIpc) is 3.42. The number of fused-ring (bicyclic) bond motifs is 2. The minimum absolute atomic E-state index is 0.143. The van der Waals surface area contributed by atoms with Crippen molar-refractivity contribution < 1.29 is 28.3 Å². The average molecular weight is 499 g/mol. The molecule has 4 rings (SSSR count). The summed E-state index contributed by atoms with van der Waals surface area (Å²) in [6.07, 6.45) is 2.72. The normalized spacial score (nSPS) is 16.4. The second-order valence-electron chi connectivity index (χ2n) is 9.78. The Balaban J connectivity index is 1.54. The highest BCUT2D eigenvalue weighted by Gasteiger charge is 2.35. The lowest BCUT2D eigenvalue weighted by molar-refractivity contribution is -0.123. The fourth-order valence-electron chi connectivity index (χ4n) is 4.37. The molecule has 2 aromatic heterocycles. The zero-order valence-electron chi connectivity index (χ0n) is 20.6. The smallest absolute Gasteiger partial charge is 0.341 e. The Labute approximate surface area is 208 Å². The van der Waals surface area contributed by atoms with Gasteiger partial charge in [0.05, 0.1) is 17.7 Å². The Hall–Kier alpha value is -3.20. The van der Waals surface area contributed by atoms with Crippen LogP contribution in [0.3, 0.4) is 0 Å². The summed E-state index contributed by atoms with van der Waals surface area (Å²) in [6, 6.07) is 4.91. The van der Waals surface area contributed by atoms with Gasteiger partial charge in [-0.2, -0.15) is 0 Å². The number of oxazole rings is 1. The first-order valence-corrected chi connectivity index (χ1v) is 12.6. The van der Waals surface area contributed by atoms with Crippen molar-refractivity contribution in [1.82, 2.24) is 4.98 Å². The van der Waals surface area contributed by atoms with E-state index in [2.05, 4.69) is 31.1 Å². The van der Waals surface area contributed by atoms with E-state index in [0.717, 1.165) is 29.7 Å². The summed E-state index contributed by atoms with van der Waals surface area (Å²) in [7, 11) is 0. The third-order valence-corrected chi connectivity index (χ3v) is 7.61. The van der Waals surface area contributed by atoms with Gasteiger partial charge in [-0.15, -0.1) is 11.3 Å². The number of nitrogens with one attached hydrogen (secondary N) is 1. The van der Waals surface area contributed by atoms with Crippen molar-refractivity contribution in [2.45, 2.75) is 60.0 Å². The third kappa shape index (κ3) is 5.10. The van der Waals surface area contributed by atoms with Gasteiger partial charge in [-0.3, -0.25) is 4.79 Å². The maximum atomic E-state index is 13.0. The Kier molecular flexibility index (Phi) is 6.98. The molecule has 0 radical (unpaired) electrons. The van der Waals surface area contributed by atoms with Crippen LogP contribution < -0.4 is 5.32 Å². The van der Waals surface area contributed by atoms with Gasteiger partial charge in [-0.05, 0) is 62.1 Å². The molecular formula is C26H30N2O6S.